The minimum absolute atomic E-state index is 0.112. The summed E-state index contributed by atoms with van der Waals surface area (Å²) < 4.78 is 0. The van der Waals surface area contributed by atoms with E-state index in [-0.39, 0.29) is 5.96 Å². The fraction of sp³-hybridized carbons (Fsp3) is 0.750. The minimum Gasteiger partial charge on any atom is -0.480 e. The van der Waals surface area contributed by atoms with Gasteiger partial charge in [-0.2, -0.15) is 0 Å². The Labute approximate surface area is 86.9 Å². The topological polar surface area (TPSA) is 131 Å². The smallest absolute Gasteiger partial charge is 0.324 e. The quantitative estimate of drug-likeness (QED) is 0.240. The van der Waals surface area contributed by atoms with Crippen LogP contribution in [0.3, 0.4) is 0 Å². The third-order valence-electron chi connectivity index (χ3n) is 3.14. The van der Waals surface area contributed by atoms with Crippen LogP contribution in [-0.4, -0.2) is 46.2 Å². The molecule has 0 spiro atoms. The molecule has 0 aromatic rings. The predicted molar refractivity (Wildman–Crippen MR) is 53.9 cm³/mol. The van der Waals surface area contributed by atoms with Gasteiger partial charge in [0, 0.05) is 12.6 Å². The van der Waals surface area contributed by atoms with Gasteiger partial charge in [-0.3, -0.25) is 9.69 Å². The monoisotopic (exact) mass is 213 g/mol. The van der Waals surface area contributed by atoms with E-state index < -0.39 is 17.7 Å². The Morgan fingerprint density at radius 2 is 2.27 bits per heavy atom. The molecule has 84 valence electrons. The Bertz CT molecular complexity index is 327. The van der Waals surface area contributed by atoms with Crippen molar-refractivity contribution >= 4 is 11.9 Å². The second-order valence-corrected chi connectivity index (χ2v) is 4.08. The lowest BCUT2D eigenvalue weighted by atomic mass is 9.97. The average Bonchev–Trinajstić information content (AvgIpc) is 2.84. The number of hydrogen-bond donors (Lipinski definition) is 4. The first-order valence-electron chi connectivity index (χ1n) is 4.83. The number of carboxylic acids is 1. The van der Waals surface area contributed by atoms with E-state index >= 15 is 0 Å². The highest BCUT2D eigenvalue weighted by Gasteiger charge is 2.60. The number of rotatable bonds is 3. The highest BCUT2D eigenvalue weighted by atomic mass is 16.4. The summed E-state index contributed by atoms with van der Waals surface area (Å²) in [5.74, 6) is -1.19. The van der Waals surface area contributed by atoms with Crippen molar-refractivity contribution in [2.24, 2.45) is 22.2 Å². The van der Waals surface area contributed by atoms with Crippen molar-refractivity contribution in [1.29, 1.82) is 0 Å². The number of guanidine groups is 1. The molecule has 0 aliphatic carbocycles. The minimum atomic E-state index is -1.08. The number of carbonyl (C=O) groups is 1. The van der Waals surface area contributed by atoms with Gasteiger partial charge in [-0.1, -0.05) is 0 Å². The van der Waals surface area contributed by atoms with Gasteiger partial charge in [-0.25, -0.2) is 4.99 Å². The largest absolute Gasteiger partial charge is 0.480 e. The molecular formula is C8H15N5O2. The third-order valence-corrected chi connectivity index (χ3v) is 3.14. The predicted octanol–water partition coefficient (Wildman–Crippen LogP) is -2.15. The van der Waals surface area contributed by atoms with Crippen molar-refractivity contribution in [2.75, 3.05) is 6.54 Å². The van der Waals surface area contributed by atoms with Crippen LogP contribution in [0.2, 0.25) is 0 Å². The molecule has 2 saturated heterocycles. The molecule has 2 aliphatic heterocycles. The van der Waals surface area contributed by atoms with Crippen LogP contribution in [0.1, 0.15) is 12.8 Å². The zero-order chi connectivity index (χ0) is 11.2. The lowest BCUT2D eigenvalue weighted by Crippen LogP contribution is -2.56. The molecule has 2 rings (SSSR count). The molecule has 7 heteroatoms. The van der Waals surface area contributed by atoms with Crippen molar-refractivity contribution < 1.29 is 9.90 Å². The summed E-state index contributed by atoms with van der Waals surface area (Å²) in [5, 5.41) is 8.95. The van der Waals surface area contributed by atoms with Gasteiger partial charge in [0.1, 0.15) is 11.7 Å². The molecule has 4 atom stereocenters. The van der Waals surface area contributed by atoms with Gasteiger partial charge in [-0.15, -0.1) is 0 Å². The number of aliphatic imine (C=N–C) groups is 1. The molecule has 7 nitrogen and oxygen atoms in total. The Balaban J connectivity index is 2.31. The van der Waals surface area contributed by atoms with Crippen molar-refractivity contribution in [2.45, 2.75) is 30.6 Å². The molecule has 0 amide bonds. The molecular weight excluding hydrogens is 198 g/mol. The second-order valence-electron chi connectivity index (χ2n) is 4.08. The number of piperidine rings is 1. The van der Waals surface area contributed by atoms with E-state index in [1.54, 1.807) is 0 Å². The summed E-state index contributed by atoms with van der Waals surface area (Å²) in [6, 6.07) is -0.675. The Kier molecular flexibility index (Phi) is 2.09. The van der Waals surface area contributed by atoms with Crippen LogP contribution in [-0.2, 0) is 4.79 Å². The first-order valence-corrected chi connectivity index (χ1v) is 4.83. The summed E-state index contributed by atoms with van der Waals surface area (Å²) in [7, 11) is 0. The van der Waals surface area contributed by atoms with Gasteiger partial charge in [0.25, 0.3) is 0 Å². The maximum atomic E-state index is 10.9. The maximum Gasteiger partial charge on any atom is 0.324 e. The lowest BCUT2D eigenvalue weighted by molar-refractivity contribution is -0.141. The standard InChI is InChI=1S/C8H15N5O2/c9-5(6(14)15)8(12-7(10)11)2-1-4-3-13(4)8/h4-5H,1-3,9H2,(H,14,15)(H4,10,11,12). The maximum absolute atomic E-state index is 10.9. The molecule has 15 heavy (non-hydrogen) atoms. The number of fused-ring (bicyclic) bond motifs is 1. The fourth-order valence-corrected chi connectivity index (χ4v) is 2.37. The molecule has 0 saturated carbocycles. The van der Waals surface area contributed by atoms with E-state index in [9.17, 15) is 4.79 Å². The first-order chi connectivity index (χ1) is 6.97. The first kappa shape index (κ1) is 10.2. The molecule has 0 radical (unpaired) electrons. The van der Waals surface area contributed by atoms with E-state index in [4.69, 9.17) is 22.3 Å². The molecule has 7 N–H and O–H groups in total. The summed E-state index contributed by atoms with van der Waals surface area (Å²) in [6.45, 7) is 0.831. The van der Waals surface area contributed by atoms with Crippen LogP contribution in [0.5, 0.6) is 0 Å². The highest BCUT2D eigenvalue weighted by molar-refractivity contribution is 5.79. The van der Waals surface area contributed by atoms with Crippen molar-refractivity contribution in [1.82, 2.24) is 4.90 Å². The van der Waals surface area contributed by atoms with Gasteiger partial charge >= 0.3 is 5.97 Å². The van der Waals surface area contributed by atoms with E-state index in [2.05, 4.69) is 4.99 Å². The molecule has 0 aromatic heterocycles. The number of hydrogen-bond acceptors (Lipinski definition) is 4. The average molecular weight is 213 g/mol. The Hall–Kier alpha value is -1.34. The second kappa shape index (κ2) is 3.07. The van der Waals surface area contributed by atoms with Crippen molar-refractivity contribution in [3.8, 4) is 0 Å². The molecule has 0 aromatic carbocycles. The van der Waals surface area contributed by atoms with Crippen LogP contribution in [0.15, 0.2) is 4.99 Å². The lowest BCUT2D eigenvalue weighted by Gasteiger charge is -2.31. The molecule has 2 fully saturated rings. The van der Waals surface area contributed by atoms with Crippen LogP contribution < -0.4 is 17.2 Å². The highest BCUT2D eigenvalue weighted by Crippen LogP contribution is 2.46. The fourth-order valence-electron chi connectivity index (χ4n) is 2.37. The van der Waals surface area contributed by atoms with Crippen molar-refractivity contribution in [3.05, 3.63) is 0 Å². The number of aliphatic carboxylic acids is 1. The van der Waals surface area contributed by atoms with Crippen LogP contribution in [0, 0.1) is 0 Å². The molecule has 2 aliphatic rings. The van der Waals surface area contributed by atoms with Gasteiger partial charge in [0.05, 0.1) is 0 Å². The van der Waals surface area contributed by atoms with Crippen molar-refractivity contribution in [3.63, 3.8) is 0 Å². The number of nitrogens with zero attached hydrogens (tertiary/aromatic N) is 2. The molecule has 2 heterocycles. The van der Waals surface area contributed by atoms with Gasteiger partial charge < -0.3 is 22.3 Å². The SMILES string of the molecule is NC(N)=NC1(C(N)C(=O)O)CCC2CN21. The summed E-state index contributed by atoms with van der Waals surface area (Å²) in [5.41, 5.74) is 15.4. The normalized spacial score (nSPS) is 39.3. The van der Waals surface area contributed by atoms with Gasteiger partial charge in [0.15, 0.2) is 5.96 Å². The van der Waals surface area contributed by atoms with E-state index in [0.717, 1.165) is 13.0 Å². The molecule has 4 unspecified atom stereocenters. The van der Waals surface area contributed by atoms with E-state index in [1.807, 2.05) is 4.90 Å². The van der Waals surface area contributed by atoms with E-state index in [1.165, 1.54) is 0 Å². The summed E-state index contributed by atoms with van der Waals surface area (Å²) in [4.78, 5) is 16.9. The molecule has 0 bridgehead atoms. The Morgan fingerprint density at radius 3 is 2.60 bits per heavy atom. The van der Waals surface area contributed by atoms with Crippen LogP contribution in [0.4, 0.5) is 0 Å². The summed E-state index contributed by atoms with van der Waals surface area (Å²) >= 11 is 0. The zero-order valence-electron chi connectivity index (χ0n) is 8.26. The number of nitrogens with two attached hydrogens (primary N) is 3. The van der Waals surface area contributed by atoms with Gasteiger partial charge in [0.2, 0.25) is 0 Å². The van der Waals surface area contributed by atoms with Gasteiger partial charge in [-0.05, 0) is 12.8 Å². The Morgan fingerprint density at radius 1 is 1.60 bits per heavy atom. The van der Waals surface area contributed by atoms with E-state index in [0.29, 0.717) is 12.5 Å². The van der Waals surface area contributed by atoms with Crippen LogP contribution in [0.25, 0.3) is 0 Å². The van der Waals surface area contributed by atoms with Crippen LogP contribution >= 0.6 is 0 Å². The zero-order valence-corrected chi connectivity index (χ0v) is 8.26. The third kappa shape index (κ3) is 1.44. The number of carboxylic acid groups (broad SMARTS) is 1. The summed E-state index contributed by atoms with van der Waals surface area (Å²) in [6.07, 6.45) is 1.50.